The summed E-state index contributed by atoms with van der Waals surface area (Å²) in [5.41, 5.74) is 1.43. The Labute approximate surface area is 81.2 Å². The van der Waals surface area contributed by atoms with Crippen molar-refractivity contribution in [1.29, 1.82) is 0 Å². The second-order valence-electron chi connectivity index (χ2n) is 3.58. The molecule has 0 radical (unpaired) electrons. The molecule has 13 heavy (non-hydrogen) atoms. The first-order valence-electron chi connectivity index (χ1n) is 5.23. The van der Waals surface area contributed by atoms with Crippen LogP contribution in [0.25, 0.3) is 0 Å². The number of benzene rings is 1. The minimum absolute atomic E-state index is 0.604. The second-order valence-corrected chi connectivity index (χ2v) is 3.58. The van der Waals surface area contributed by atoms with E-state index in [0.29, 0.717) is 6.04 Å². The van der Waals surface area contributed by atoms with Crippen LogP contribution < -0.4 is 5.32 Å². The summed E-state index contributed by atoms with van der Waals surface area (Å²) in [4.78, 5) is 0. The normalized spacial score (nSPS) is 12.8. The van der Waals surface area contributed by atoms with Gasteiger partial charge in [0.2, 0.25) is 0 Å². The molecule has 0 bridgehead atoms. The maximum Gasteiger partial charge on any atom is 0.109 e. The Morgan fingerprint density at radius 1 is 1.23 bits per heavy atom. The third-order valence-corrected chi connectivity index (χ3v) is 2.40. The van der Waals surface area contributed by atoms with Gasteiger partial charge in [0, 0.05) is 5.56 Å². The van der Waals surface area contributed by atoms with E-state index in [0.717, 1.165) is 0 Å². The van der Waals surface area contributed by atoms with Crippen molar-refractivity contribution in [2.24, 2.45) is 0 Å². The van der Waals surface area contributed by atoms with Crippen LogP contribution in [0.2, 0.25) is 0 Å². The van der Waals surface area contributed by atoms with Crippen LogP contribution in [0.3, 0.4) is 0 Å². The summed E-state index contributed by atoms with van der Waals surface area (Å²) in [5.74, 6) is 0. The van der Waals surface area contributed by atoms with Crippen LogP contribution in [-0.2, 0) is 0 Å². The monoisotopic (exact) mass is 178 g/mol. The Kier molecular flexibility index (Phi) is 4.55. The molecule has 1 aromatic carbocycles. The van der Waals surface area contributed by atoms with E-state index in [1.54, 1.807) is 0 Å². The van der Waals surface area contributed by atoms with E-state index >= 15 is 0 Å². The molecule has 0 saturated carbocycles. The van der Waals surface area contributed by atoms with Crippen molar-refractivity contribution in [1.82, 2.24) is 0 Å². The fourth-order valence-corrected chi connectivity index (χ4v) is 1.46. The molecule has 1 aromatic rings. The molecule has 0 aliphatic heterocycles. The van der Waals surface area contributed by atoms with Gasteiger partial charge in [-0.25, -0.2) is 0 Å². The van der Waals surface area contributed by atoms with Gasteiger partial charge in [-0.1, -0.05) is 43.7 Å². The number of unbranched alkanes of at least 4 members (excludes halogenated alkanes) is 1. The minimum atomic E-state index is 0.604. The molecule has 72 valence electrons. The van der Waals surface area contributed by atoms with Crippen LogP contribution >= 0.6 is 0 Å². The number of hydrogen-bond acceptors (Lipinski definition) is 0. The van der Waals surface area contributed by atoms with Crippen LogP contribution in [-0.4, -0.2) is 6.54 Å². The van der Waals surface area contributed by atoms with Gasteiger partial charge in [-0.3, -0.25) is 0 Å². The smallest absolute Gasteiger partial charge is 0.109 e. The molecule has 0 aliphatic carbocycles. The average Bonchev–Trinajstić information content (AvgIpc) is 2.19. The molecule has 1 heteroatoms. The second kappa shape index (κ2) is 5.76. The summed E-state index contributed by atoms with van der Waals surface area (Å²) >= 11 is 0. The molecule has 0 aliphatic rings. The summed E-state index contributed by atoms with van der Waals surface area (Å²) in [6, 6.07) is 11.3. The van der Waals surface area contributed by atoms with Crippen LogP contribution in [0.5, 0.6) is 0 Å². The first-order chi connectivity index (χ1) is 6.34. The zero-order valence-electron chi connectivity index (χ0n) is 8.66. The maximum atomic E-state index is 2.42. The first kappa shape index (κ1) is 10.3. The molecular formula is C12H20N+. The highest BCUT2D eigenvalue weighted by atomic mass is 14.9. The van der Waals surface area contributed by atoms with Gasteiger partial charge in [-0.15, -0.1) is 0 Å². The van der Waals surface area contributed by atoms with E-state index in [4.69, 9.17) is 0 Å². The number of rotatable bonds is 5. The highest BCUT2D eigenvalue weighted by molar-refractivity contribution is 5.16. The molecule has 2 N–H and O–H groups in total. The predicted molar refractivity (Wildman–Crippen MR) is 56.6 cm³/mol. The van der Waals surface area contributed by atoms with Crippen molar-refractivity contribution < 1.29 is 5.32 Å². The predicted octanol–water partition coefficient (Wildman–Crippen LogP) is 2.11. The Hall–Kier alpha value is -0.820. The molecule has 0 heterocycles. The molecule has 1 rings (SSSR count). The number of nitrogens with two attached hydrogens (primary N) is 1. The van der Waals surface area contributed by atoms with Crippen molar-refractivity contribution in [2.45, 2.75) is 32.7 Å². The third-order valence-electron chi connectivity index (χ3n) is 2.40. The highest BCUT2D eigenvalue weighted by Gasteiger charge is 2.05. The average molecular weight is 178 g/mol. The zero-order chi connectivity index (χ0) is 9.52. The van der Waals surface area contributed by atoms with Gasteiger partial charge in [0.05, 0.1) is 6.54 Å². The van der Waals surface area contributed by atoms with Gasteiger partial charge in [-0.05, 0) is 13.3 Å². The van der Waals surface area contributed by atoms with Crippen LogP contribution in [0.4, 0.5) is 0 Å². The van der Waals surface area contributed by atoms with Gasteiger partial charge >= 0.3 is 0 Å². The largest absolute Gasteiger partial charge is 0.340 e. The molecular weight excluding hydrogens is 158 g/mol. The lowest BCUT2D eigenvalue weighted by atomic mass is 10.1. The molecule has 0 spiro atoms. The van der Waals surface area contributed by atoms with Crippen LogP contribution in [0, 0.1) is 0 Å². The quantitative estimate of drug-likeness (QED) is 0.665. The van der Waals surface area contributed by atoms with Gasteiger partial charge in [0.25, 0.3) is 0 Å². The lowest BCUT2D eigenvalue weighted by Crippen LogP contribution is -2.84. The molecule has 0 aromatic heterocycles. The number of hydrogen-bond donors (Lipinski definition) is 1. The maximum absolute atomic E-state index is 2.42. The molecule has 0 amide bonds. The Balaban J connectivity index is 2.35. The fraction of sp³-hybridized carbons (Fsp3) is 0.500. The van der Waals surface area contributed by atoms with Crippen LogP contribution in [0.15, 0.2) is 30.3 Å². The SMILES string of the molecule is CCCC[NH2+][C@@H](C)c1ccccc1. The number of quaternary nitrogens is 1. The minimum Gasteiger partial charge on any atom is -0.340 e. The standard InChI is InChI=1S/C12H19N/c1-3-4-10-13-11(2)12-8-6-5-7-9-12/h5-9,11,13H,3-4,10H2,1-2H3/p+1/t11-/m0/s1. The van der Waals surface area contributed by atoms with Crippen molar-refractivity contribution >= 4 is 0 Å². The Bertz CT molecular complexity index is 218. The summed E-state index contributed by atoms with van der Waals surface area (Å²) < 4.78 is 0. The molecule has 0 fully saturated rings. The lowest BCUT2D eigenvalue weighted by molar-refractivity contribution is -0.693. The summed E-state index contributed by atoms with van der Waals surface area (Å²) in [6.07, 6.45) is 2.61. The van der Waals surface area contributed by atoms with Crippen molar-refractivity contribution in [3.8, 4) is 0 Å². The van der Waals surface area contributed by atoms with E-state index in [1.165, 1.54) is 24.9 Å². The van der Waals surface area contributed by atoms with E-state index < -0.39 is 0 Å². The summed E-state index contributed by atoms with van der Waals surface area (Å²) in [7, 11) is 0. The van der Waals surface area contributed by atoms with E-state index in [9.17, 15) is 0 Å². The molecule has 1 nitrogen and oxygen atoms in total. The highest BCUT2D eigenvalue weighted by Crippen LogP contribution is 2.05. The van der Waals surface area contributed by atoms with E-state index in [1.807, 2.05) is 0 Å². The van der Waals surface area contributed by atoms with Crippen molar-refractivity contribution in [3.05, 3.63) is 35.9 Å². The van der Waals surface area contributed by atoms with Crippen LogP contribution in [0.1, 0.15) is 38.3 Å². The van der Waals surface area contributed by atoms with Gasteiger partial charge in [0.1, 0.15) is 6.04 Å². The fourth-order valence-electron chi connectivity index (χ4n) is 1.46. The van der Waals surface area contributed by atoms with Crippen molar-refractivity contribution in [2.75, 3.05) is 6.54 Å². The van der Waals surface area contributed by atoms with E-state index in [-0.39, 0.29) is 0 Å². The summed E-state index contributed by atoms with van der Waals surface area (Å²) in [5, 5.41) is 2.42. The Morgan fingerprint density at radius 2 is 1.92 bits per heavy atom. The molecule has 1 atom stereocenters. The van der Waals surface area contributed by atoms with Gasteiger partial charge in [0.15, 0.2) is 0 Å². The van der Waals surface area contributed by atoms with E-state index in [2.05, 4.69) is 49.5 Å². The van der Waals surface area contributed by atoms with Crippen molar-refractivity contribution in [3.63, 3.8) is 0 Å². The molecule has 0 unspecified atom stereocenters. The topological polar surface area (TPSA) is 16.6 Å². The van der Waals surface area contributed by atoms with Gasteiger partial charge < -0.3 is 5.32 Å². The summed E-state index contributed by atoms with van der Waals surface area (Å²) in [6.45, 7) is 5.75. The molecule has 0 saturated heterocycles. The lowest BCUT2D eigenvalue weighted by Gasteiger charge is -2.09. The Morgan fingerprint density at radius 3 is 2.54 bits per heavy atom. The first-order valence-corrected chi connectivity index (χ1v) is 5.23. The zero-order valence-corrected chi connectivity index (χ0v) is 8.66. The third kappa shape index (κ3) is 3.60. The van der Waals surface area contributed by atoms with Gasteiger partial charge in [-0.2, -0.15) is 0 Å².